The molecule has 2 aromatic heterocycles. The van der Waals surface area contributed by atoms with E-state index in [-0.39, 0.29) is 17.9 Å². The van der Waals surface area contributed by atoms with Gasteiger partial charge in [0, 0.05) is 18.0 Å². The number of amides is 1. The van der Waals surface area contributed by atoms with Crippen molar-refractivity contribution < 1.29 is 4.79 Å². The normalized spacial score (nSPS) is 21.4. The van der Waals surface area contributed by atoms with E-state index in [0.717, 1.165) is 44.2 Å². The number of nitrogens with two attached hydrogens (primary N) is 1. The number of para-hydroxylation sites is 1. The van der Waals surface area contributed by atoms with Crippen LogP contribution in [0.2, 0.25) is 10.0 Å². The molecule has 0 bridgehead atoms. The Morgan fingerprint density at radius 3 is 2.39 bits per heavy atom. The predicted octanol–water partition coefficient (Wildman–Crippen LogP) is 5.45. The van der Waals surface area contributed by atoms with Gasteiger partial charge in [-0.15, -0.1) is 0 Å². The van der Waals surface area contributed by atoms with Gasteiger partial charge in [-0.2, -0.15) is 4.98 Å². The van der Waals surface area contributed by atoms with E-state index in [2.05, 4.69) is 20.2 Å². The second-order valence-corrected chi connectivity index (χ2v) is 9.78. The number of rotatable bonds is 6. The summed E-state index contributed by atoms with van der Waals surface area (Å²) in [5, 5.41) is 7.82. The first-order valence-corrected chi connectivity index (χ1v) is 12.3. The van der Waals surface area contributed by atoms with Crippen LogP contribution in [0.3, 0.4) is 0 Å². The Labute approximate surface area is 202 Å². The lowest BCUT2D eigenvalue weighted by Crippen LogP contribution is -2.28. The summed E-state index contributed by atoms with van der Waals surface area (Å²) in [5.41, 5.74) is 7.59. The Bertz CT molecular complexity index is 1150. The van der Waals surface area contributed by atoms with Crippen molar-refractivity contribution >= 4 is 57.9 Å². The molecule has 0 saturated heterocycles. The molecular weight excluding hydrogens is 461 g/mol. The predicted molar refractivity (Wildman–Crippen MR) is 131 cm³/mol. The minimum absolute atomic E-state index is 0.0836. The average molecular weight is 488 g/mol. The summed E-state index contributed by atoms with van der Waals surface area (Å²) in [7, 11) is 0. The second-order valence-electron chi connectivity index (χ2n) is 8.96. The van der Waals surface area contributed by atoms with Crippen molar-refractivity contribution in [2.45, 2.75) is 63.5 Å². The zero-order valence-corrected chi connectivity index (χ0v) is 19.7. The van der Waals surface area contributed by atoms with E-state index in [1.165, 1.54) is 12.8 Å². The molecule has 0 aliphatic heterocycles. The first-order valence-electron chi connectivity index (χ1n) is 11.5. The Morgan fingerprint density at radius 2 is 1.73 bits per heavy atom. The van der Waals surface area contributed by atoms with Gasteiger partial charge in [0.15, 0.2) is 5.65 Å². The molecule has 33 heavy (non-hydrogen) atoms. The molecule has 2 aliphatic rings. The molecule has 2 aliphatic carbocycles. The third kappa shape index (κ3) is 4.59. The Kier molecular flexibility index (Phi) is 6.29. The number of carbonyl (C=O) groups is 1. The van der Waals surface area contributed by atoms with Crippen molar-refractivity contribution in [3.8, 4) is 0 Å². The summed E-state index contributed by atoms with van der Waals surface area (Å²) in [6.07, 6.45) is 9.57. The molecule has 10 heteroatoms. The number of nitrogens with zero attached hydrogens (tertiary/aromatic N) is 4. The molecule has 1 amide bonds. The summed E-state index contributed by atoms with van der Waals surface area (Å²) >= 11 is 12.8. The van der Waals surface area contributed by atoms with Gasteiger partial charge in [0.05, 0.1) is 21.9 Å². The molecule has 2 heterocycles. The number of fused-ring (bicyclic) bond motifs is 1. The monoisotopic (exact) mass is 487 g/mol. The van der Waals surface area contributed by atoms with Gasteiger partial charge in [-0.05, 0) is 50.7 Å². The van der Waals surface area contributed by atoms with Crippen molar-refractivity contribution in [1.82, 2.24) is 19.5 Å². The van der Waals surface area contributed by atoms with E-state index in [9.17, 15) is 4.79 Å². The maximum absolute atomic E-state index is 11.7. The first-order chi connectivity index (χ1) is 16.0. The average Bonchev–Trinajstić information content (AvgIpc) is 3.44. The van der Waals surface area contributed by atoms with Crippen LogP contribution in [0, 0.1) is 5.92 Å². The smallest absolute Gasteiger partial charge is 0.224 e. The maximum atomic E-state index is 11.7. The zero-order valence-electron chi connectivity index (χ0n) is 18.2. The number of nitrogens with one attached hydrogen (secondary N) is 2. The zero-order chi connectivity index (χ0) is 22.9. The lowest BCUT2D eigenvalue weighted by Gasteiger charge is -2.29. The van der Waals surface area contributed by atoms with Crippen LogP contribution in [-0.4, -0.2) is 31.5 Å². The minimum atomic E-state index is -0.226. The lowest BCUT2D eigenvalue weighted by molar-refractivity contribution is -0.122. The highest BCUT2D eigenvalue weighted by molar-refractivity contribution is 6.39. The highest BCUT2D eigenvalue weighted by Crippen LogP contribution is 2.39. The Balaban J connectivity index is 1.53. The number of halogens is 2. The first kappa shape index (κ1) is 22.2. The minimum Gasteiger partial charge on any atom is -0.369 e. The van der Waals surface area contributed by atoms with Crippen molar-refractivity contribution in [3.63, 3.8) is 0 Å². The molecule has 0 radical (unpaired) electrons. The van der Waals surface area contributed by atoms with Gasteiger partial charge < -0.3 is 16.4 Å². The van der Waals surface area contributed by atoms with Crippen molar-refractivity contribution in [1.29, 1.82) is 0 Å². The van der Waals surface area contributed by atoms with Crippen molar-refractivity contribution in [3.05, 3.63) is 34.4 Å². The number of imidazole rings is 1. The number of carbonyl (C=O) groups excluding carboxylic acids is 1. The van der Waals surface area contributed by atoms with Gasteiger partial charge in [-0.3, -0.25) is 9.36 Å². The molecular formula is C23H27Cl2N7O. The SMILES string of the molecule is NC(=O)[C@H]1CC[C@@H](n2c(Nc3c(Cl)cccc3Cl)nc3cnc(NC4CCCC4)nc32)CC1. The van der Waals surface area contributed by atoms with Crippen LogP contribution in [0.5, 0.6) is 0 Å². The molecule has 2 fully saturated rings. The van der Waals surface area contributed by atoms with Crippen LogP contribution >= 0.6 is 23.2 Å². The molecule has 2 saturated carbocycles. The number of hydrogen-bond donors (Lipinski definition) is 3. The molecule has 3 aromatic rings. The fourth-order valence-electron chi connectivity index (χ4n) is 4.99. The standard InChI is InChI=1S/C23H27Cl2N7O/c24-16-6-3-7-17(25)19(16)30-23-29-18-12-27-22(28-14-4-1-2-5-14)31-21(18)32(23)15-10-8-13(9-11-15)20(26)33/h3,6-7,12-15H,1-2,4-5,8-11H2,(H2,26,33)(H,29,30)(H,27,28,31)/t13-,15+. The molecule has 0 spiro atoms. The van der Waals surface area contributed by atoms with E-state index in [1.54, 1.807) is 24.4 Å². The van der Waals surface area contributed by atoms with Gasteiger partial charge in [0.2, 0.25) is 17.8 Å². The molecule has 0 atom stereocenters. The van der Waals surface area contributed by atoms with Crippen LogP contribution < -0.4 is 16.4 Å². The Morgan fingerprint density at radius 1 is 1.03 bits per heavy atom. The fraction of sp³-hybridized carbons (Fsp3) is 0.478. The lowest BCUT2D eigenvalue weighted by atomic mass is 9.85. The fourth-order valence-corrected chi connectivity index (χ4v) is 5.49. The molecule has 1 aromatic carbocycles. The highest BCUT2D eigenvalue weighted by Gasteiger charge is 2.29. The van der Waals surface area contributed by atoms with E-state index in [4.69, 9.17) is 38.9 Å². The topological polar surface area (TPSA) is 111 Å². The number of benzene rings is 1. The number of primary amides is 1. The summed E-state index contributed by atoms with van der Waals surface area (Å²) in [6.45, 7) is 0. The van der Waals surface area contributed by atoms with Crippen LogP contribution in [0.4, 0.5) is 17.6 Å². The second kappa shape index (κ2) is 9.35. The summed E-state index contributed by atoms with van der Waals surface area (Å²) in [5.74, 6) is 0.911. The summed E-state index contributed by atoms with van der Waals surface area (Å²) < 4.78 is 2.10. The third-order valence-corrected chi connectivity index (χ3v) is 7.41. The van der Waals surface area contributed by atoms with Gasteiger partial charge in [-0.1, -0.05) is 42.1 Å². The van der Waals surface area contributed by atoms with Crippen LogP contribution in [0.15, 0.2) is 24.4 Å². The van der Waals surface area contributed by atoms with Gasteiger partial charge in [0.25, 0.3) is 0 Å². The Hall–Kier alpha value is -2.58. The van der Waals surface area contributed by atoms with Crippen molar-refractivity contribution in [2.75, 3.05) is 10.6 Å². The summed E-state index contributed by atoms with van der Waals surface area (Å²) in [6, 6.07) is 5.89. The molecule has 8 nitrogen and oxygen atoms in total. The van der Waals surface area contributed by atoms with Gasteiger partial charge in [-0.25, -0.2) is 9.97 Å². The largest absolute Gasteiger partial charge is 0.369 e. The van der Waals surface area contributed by atoms with E-state index >= 15 is 0 Å². The van der Waals surface area contributed by atoms with Crippen LogP contribution in [0.1, 0.15) is 57.4 Å². The van der Waals surface area contributed by atoms with Crippen LogP contribution in [-0.2, 0) is 4.79 Å². The third-order valence-electron chi connectivity index (χ3n) is 6.78. The van der Waals surface area contributed by atoms with E-state index < -0.39 is 0 Å². The highest BCUT2D eigenvalue weighted by atomic mass is 35.5. The summed E-state index contributed by atoms with van der Waals surface area (Å²) in [4.78, 5) is 25.8. The molecule has 174 valence electrons. The maximum Gasteiger partial charge on any atom is 0.224 e. The van der Waals surface area contributed by atoms with Crippen LogP contribution in [0.25, 0.3) is 11.2 Å². The molecule has 5 rings (SSSR count). The van der Waals surface area contributed by atoms with E-state index in [0.29, 0.717) is 39.2 Å². The molecule has 4 N–H and O–H groups in total. The number of aromatic nitrogens is 4. The van der Waals surface area contributed by atoms with Gasteiger partial charge in [0.1, 0.15) is 5.52 Å². The quantitative estimate of drug-likeness (QED) is 0.426. The van der Waals surface area contributed by atoms with Gasteiger partial charge >= 0.3 is 0 Å². The van der Waals surface area contributed by atoms with Crippen molar-refractivity contribution in [2.24, 2.45) is 11.7 Å². The molecule has 0 unspecified atom stereocenters. The number of hydrogen-bond acceptors (Lipinski definition) is 6. The van der Waals surface area contributed by atoms with E-state index in [1.807, 2.05) is 0 Å². The number of anilines is 3.